The van der Waals surface area contributed by atoms with E-state index in [-0.39, 0.29) is 0 Å². The van der Waals surface area contributed by atoms with Crippen molar-refractivity contribution in [1.29, 1.82) is 0 Å². The lowest BCUT2D eigenvalue weighted by Crippen LogP contribution is -2.15. The predicted octanol–water partition coefficient (Wildman–Crippen LogP) is 2.94. The van der Waals surface area contributed by atoms with Gasteiger partial charge in [0.05, 0.1) is 0 Å². The van der Waals surface area contributed by atoms with Crippen molar-refractivity contribution >= 4 is 5.69 Å². The van der Waals surface area contributed by atoms with Crippen LogP contribution < -0.4 is 15.2 Å². The molecule has 0 radical (unpaired) electrons. The van der Waals surface area contributed by atoms with E-state index in [2.05, 4.69) is 24.3 Å². The van der Waals surface area contributed by atoms with Gasteiger partial charge in [-0.15, -0.1) is 0 Å². The first kappa shape index (κ1) is 11.9. The van der Waals surface area contributed by atoms with Crippen molar-refractivity contribution in [3.05, 3.63) is 53.1 Å². The first-order valence-corrected chi connectivity index (χ1v) is 6.46. The second-order valence-corrected chi connectivity index (χ2v) is 4.85. The van der Waals surface area contributed by atoms with E-state index in [0.717, 1.165) is 29.2 Å². The van der Waals surface area contributed by atoms with Gasteiger partial charge in [-0.1, -0.05) is 18.2 Å². The predicted molar refractivity (Wildman–Crippen MR) is 75.8 cm³/mol. The Kier molecular flexibility index (Phi) is 3.03. The molecule has 0 saturated heterocycles. The standard InChI is InChI=1S/C16H17NO2/c1-11-8-12(2-4-14(11)17)9-13-3-5-15-16(10-13)19-7-6-18-15/h2-5,8,10H,6-7,9,17H2,1H3. The van der Waals surface area contributed by atoms with Crippen LogP contribution in [0, 0.1) is 6.92 Å². The lowest BCUT2D eigenvalue weighted by atomic mass is 10.0. The number of aryl methyl sites for hydroxylation is 1. The van der Waals surface area contributed by atoms with Crippen molar-refractivity contribution in [2.24, 2.45) is 0 Å². The number of hydrogen-bond donors (Lipinski definition) is 1. The van der Waals surface area contributed by atoms with Crippen molar-refractivity contribution in [3.63, 3.8) is 0 Å². The third-order valence-electron chi connectivity index (χ3n) is 3.35. The summed E-state index contributed by atoms with van der Waals surface area (Å²) in [5.41, 5.74) is 10.3. The van der Waals surface area contributed by atoms with Gasteiger partial charge in [0.1, 0.15) is 13.2 Å². The molecule has 3 nitrogen and oxygen atoms in total. The van der Waals surface area contributed by atoms with Crippen LogP contribution in [0.3, 0.4) is 0 Å². The number of rotatable bonds is 2. The zero-order chi connectivity index (χ0) is 13.2. The summed E-state index contributed by atoms with van der Waals surface area (Å²) in [5, 5.41) is 0. The molecule has 0 aliphatic carbocycles. The molecule has 19 heavy (non-hydrogen) atoms. The molecule has 3 rings (SSSR count). The molecule has 2 N–H and O–H groups in total. The fourth-order valence-electron chi connectivity index (χ4n) is 2.28. The molecule has 0 amide bonds. The van der Waals surface area contributed by atoms with Crippen LogP contribution >= 0.6 is 0 Å². The summed E-state index contributed by atoms with van der Waals surface area (Å²) in [6.45, 7) is 3.28. The Balaban J connectivity index is 1.84. The Hall–Kier alpha value is -2.16. The third kappa shape index (κ3) is 2.50. The number of benzene rings is 2. The second-order valence-electron chi connectivity index (χ2n) is 4.85. The minimum atomic E-state index is 0.622. The van der Waals surface area contributed by atoms with E-state index in [1.807, 2.05) is 19.1 Å². The van der Waals surface area contributed by atoms with Gasteiger partial charge in [-0.25, -0.2) is 0 Å². The summed E-state index contributed by atoms with van der Waals surface area (Å²) >= 11 is 0. The Bertz CT molecular complexity index is 608. The molecule has 1 aliphatic rings. The molecule has 1 aliphatic heterocycles. The second kappa shape index (κ2) is 4.84. The van der Waals surface area contributed by atoms with Crippen LogP contribution in [-0.4, -0.2) is 13.2 Å². The molecule has 0 bridgehead atoms. The highest BCUT2D eigenvalue weighted by Gasteiger charge is 2.11. The molecule has 1 heterocycles. The molecular formula is C16H17NO2. The highest BCUT2D eigenvalue weighted by Crippen LogP contribution is 2.31. The van der Waals surface area contributed by atoms with E-state index >= 15 is 0 Å². The average Bonchev–Trinajstić information content (AvgIpc) is 2.43. The smallest absolute Gasteiger partial charge is 0.161 e. The van der Waals surface area contributed by atoms with E-state index in [1.165, 1.54) is 11.1 Å². The van der Waals surface area contributed by atoms with E-state index in [1.54, 1.807) is 0 Å². The molecule has 98 valence electrons. The van der Waals surface area contributed by atoms with Crippen molar-refractivity contribution < 1.29 is 9.47 Å². The Morgan fingerprint density at radius 3 is 2.42 bits per heavy atom. The quantitative estimate of drug-likeness (QED) is 0.839. The van der Waals surface area contributed by atoms with Crippen LogP contribution in [-0.2, 0) is 6.42 Å². The molecule has 0 unspecified atom stereocenters. The highest BCUT2D eigenvalue weighted by molar-refractivity contribution is 5.49. The van der Waals surface area contributed by atoms with Gasteiger partial charge in [0.2, 0.25) is 0 Å². The minimum absolute atomic E-state index is 0.622. The number of nitrogens with two attached hydrogens (primary N) is 1. The fourth-order valence-corrected chi connectivity index (χ4v) is 2.28. The van der Waals surface area contributed by atoms with Crippen LogP contribution in [0.5, 0.6) is 11.5 Å². The lowest BCUT2D eigenvalue weighted by Gasteiger charge is -2.19. The third-order valence-corrected chi connectivity index (χ3v) is 3.35. The largest absolute Gasteiger partial charge is 0.486 e. The summed E-state index contributed by atoms with van der Waals surface area (Å²) in [6, 6.07) is 12.3. The van der Waals surface area contributed by atoms with Gasteiger partial charge in [-0.05, 0) is 48.2 Å². The van der Waals surface area contributed by atoms with Gasteiger partial charge >= 0.3 is 0 Å². The SMILES string of the molecule is Cc1cc(Cc2ccc3c(c2)OCCO3)ccc1N. The van der Waals surface area contributed by atoms with Crippen LogP contribution in [0.15, 0.2) is 36.4 Å². The Morgan fingerprint density at radius 2 is 1.63 bits per heavy atom. The maximum absolute atomic E-state index is 5.84. The molecule has 0 aromatic heterocycles. The van der Waals surface area contributed by atoms with E-state index in [0.29, 0.717) is 13.2 Å². The van der Waals surface area contributed by atoms with Gasteiger partial charge < -0.3 is 15.2 Å². The normalized spacial score (nSPS) is 13.3. The number of ether oxygens (including phenoxy) is 2. The van der Waals surface area contributed by atoms with Crippen LogP contribution in [0.4, 0.5) is 5.69 Å². The molecule has 3 heteroatoms. The maximum Gasteiger partial charge on any atom is 0.161 e. The molecular weight excluding hydrogens is 238 g/mol. The van der Waals surface area contributed by atoms with Crippen LogP contribution in [0.2, 0.25) is 0 Å². The average molecular weight is 255 g/mol. The summed E-state index contributed by atoms with van der Waals surface area (Å²) in [6.07, 6.45) is 0.873. The van der Waals surface area contributed by atoms with Crippen molar-refractivity contribution in [1.82, 2.24) is 0 Å². The van der Waals surface area contributed by atoms with Crippen LogP contribution in [0.1, 0.15) is 16.7 Å². The first-order valence-electron chi connectivity index (χ1n) is 6.46. The molecule has 0 spiro atoms. The summed E-state index contributed by atoms with van der Waals surface area (Å²) < 4.78 is 11.1. The number of hydrogen-bond acceptors (Lipinski definition) is 3. The zero-order valence-corrected chi connectivity index (χ0v) is 11.0. The molecule has 2 aromatic carbocycles. The molecule has 0 fully saturated rings. The summed E-state index contributed by atoms with van der Waals surface area (Å²) in [7, 11) is 0. The zero-order valence-electron chi connectivity index (χ0n) is 11.0. The molecule has 0 saturated carbocycles. The maximum atomic E-state index is 5.84. The van der Waals surface area contributed by atoms with Gasteiger partial charge in [-0.2, -0.15) is 0 Å². The van der Waals surface area contributed by atoms with E-state index in [9.17, 15) is 0 Å². The summed E-state index contributed by atoms with van der Waals surface area (Å²) in [5.74, 6) is 1.68. The minimum Gasteiger partial charge on any atom is -0.486 e. The summed E-state index contributed by atoms with van der Waals surface area (Å²) in [4.78, 5) is 0. The van der Waals surface area contributed by atoms with Crippen molar-refractivity contribution in [3.8, 4) is 11.5 Å². The topological polar surface area (TPSA) is 44.5 Å². The number of nitrogen functional groups attached to an aromatic ring is 1. The highest BCUT2D eigenvalue weighted by atomic mass is 16.6. The fraction of sp³-hybridized carbons (Fsp3) is 0.250. The molecule has 0 atom stereocenters. The van der Waals surface area contributed by atoms with Gasteiger partial charge in [0.15, 0.2) is 11.5 Å². The molecule has 2 aromatic rings. The van der Waals surface area contributed by atoms with Gasteiger partial charge in [-0.3, -0.25) is 0 Å². The number of fused-ring (bicyclic) bond motifs is 1. The van der Waals surface area contributed by atoms with E-state index < -0.39 is 0 Å². The van der Waals surface area contributed by atoms with Gasteiger partial charge in [0, 0.05) is 5.69 Å². The van der Waals surface area contributed by atoms with Gasteiger partial charge in [0.25, 0.3) is 0 Å². The Morgan fingerprint density at radius 1 is 0.947 bits per heavy atom. The first-order chi connectivity index (χ1) is 9.22. The van der Waals surface area contributed by atoms with Crippen LogP contribution in [0.25, 0.3) is 0 Å². The van der Waals surface area contributed by atoms with Crippen molar-refractivity contribution in [2.45, 2.75) is 13.3 Å². The lowest BCUT2D eigenvalue weighted by molar-refractivity contribution is 0.171. The van der Waals surface area contributed by atoms with Crippen molar-refractivity contribution in [2.75, 3.05) is 18.9 Å². The monoisotopic (exact) mass is 255 g/mol. The number of anilines is 1. The Labute approximate surface area is 113 Å². The van der Waals surface area contributed by atoms with E-state index in [4.69, 9.17) is 15.2 Å².